The van der Waals surface area contributed by atoms with Gasteiger partial charge in [-0.05, 0) is 25.1 Å². The fourth-order valence-electron chi connectivity index (χ4n) is 2.44. The van der Waals surface area contributed by atoms with Crippen molar-refractivity contribution in [2.45, 2.75) is 18.7 Å². The monoisotopic (exact) mass is 355 g/mol. The van der Waals surface area contributed by atoms with Crippen LogP contribution in [0.25, 0.3) is 0 Å². The van der Waals surface area contributed by atoms with Gasteiger partial charge in [0.2, 0.25) is 0 Å². The molecule has 0 heterocycles. The van der Waals surface area contributed by atoms with E-state index in [9.17, 15) is 22.4 Å². The number of ether oxygens (including phenoxy) is 1. The van der Waals surface area contributed by atoms with Crippen LogP contribution in [0.1, 0.15) is 28.4 Å². The van der Waals surface area contributed by atoms with Gasteiger partial charge in [0, 0.05) is 12.7 Å². The predicted octanol–water partition coefficient (Wildman–Crippen LogP) is 4.14. The Labute approximate surface area is 142 Å². The molecule has 2 aromatic carbocycles. The summed E-state index contributed by atoms with van der Waals surface area (Å²) in [7, 11) is 1.34. The SMILES string of the molecule is CO[C@@](C)(CNC(=O)c1ccccc1C(F)(F)F)c1ccccc1F. The number of hydrogen-bond acceptors (Lipinski definition) is 2. The standard InChI is InChI=1S/C18H17F4NO2/c1-17(25-2,14-9-5-6-10-15(14)19)11-23-16(24)12-7-3-4-8-13(12)18(20,21)22/h3-10H,11H2,1-2H3,(H,23,24)/t17-/m0/s1. The Hall–Kier alpha value is -2.41. The lowest BCUT2D eigenvalue weighted by atomic mass is 9.94. The summed E-state index contributed by atoms with van der Waals surface area (Å²) in [6, 6.07) is 10.3. The van der Waals surface area contributed by atoms with Gasteiger partial charge >= 0.3 is 6.18 Å². The van der Waals surface area contributed by atoms with Gasteiger partial charge in [-0.2, -0.15) is 13.2 Å². The van der Waals surface area contributed by atoms with E-state index in [-0.39, 0.29) is 12.1 Å². The van der Waals surface area contributed by atoms with Crippen LogP contribution in [0.4, 0.5) is 17.6 Å². The average Bonchev–Trinajstić information content (AvgIpc) is 2.59. The van der Waals surface area contributed by atoms with Gasteiger partial charge in [-0.1, -0.05) is 30.3 Å². The van der Waals surface area contributed by atoms with Crippen LogP contribution < -0.4 is 5.32 Å². The summed E-state index contributed by atoms with van der Waals surface area (Å²) in [4.78, 5) is 12.2. The first-order valence-electron chi connectivity index (χ1n) is 7.43. The summed E-state index contributed by atoms with van der Waals surface area (Å²) < 4.78 is 58.3. The normalized spacial score (nSPS) is 14.0. The van der Waals surface area contributed by atoms with Crippen molar-refractivity contribution >= 4 is 5.91 Å². The highest BCUT2D eigenvalue weighted by atomic mass is 19.4. The Bertz CT molecular complexity index is 761. The van der Waals surface area contributed by atoms with Crippen LogP contribution in [0, 0.1) is 5.82 Å². The second-order valence-corrected chi connectivity index (χ2v) is 5.64. The minimum absolute atomic E-state index is 0.196. The smallest absolute Gasteiger partial charge is 0.372 e. The number of alkyl halides is 3. The van der Waals surface area contributed by atoms with E-state index < -0.39 is 34.6 Å². The molecule has 7 heteroatoms. The third-order valence-electron chi connectivity index (χ3n) is 3.96. The summed E-state index contributed by atoms with van der Waals surface area (Å²) in [5, 5.41) is 2.40. The molecule has 2 aromatic rings. The van der Waals surface area contributed by atoms with Gasteiger partial charge in [0.1, 0.15) is 11.4 Å². The van der Waals surface area contributed by atoms with Gasteiger partial charge in [0.05, 0.1) is 17.7 Å². The molecule has 0 aliphatic rings. The molecular formula is C18H17F4NO2. The summed E-state index contributed by atoms with van der Waals surface area (Å²) in [6.45, 7) is 1.34. The van der Waals surface area contributed by atoms with Crippen molar-refractivity contribution < 1.29 is 27.1 Å². The maximum Gasteiger partial charge on any atom is 0.417 e. The maximum atomic E-state index is 14.0. The molecule has 0 radical (unpaired) electrons. The van der Waals surface area contributed by atoms with E-state index in [1.165, 1.54) is 37.4 Å². The lowest BCUT2D eigenvalue weighted by Gasteiger charge is -2.29. The van der Waals surface area contributed by atoms with E-state index in [4.69, 9.17) is 4.74 Å². The van der Waals surface area contributed by atoms with E-state index in [0.717, 1.165) is 12.1 Å². The van der Waals surface area contributed by atoms with Crippen LogP contribution >= 0.6 is 0 Å². The zero-order chi connectivity index (χ0) is 18.7. The van der Waals surface area contributed by atoms with Crippen LogP contribution in [-0.2, 0) is 16.5 Å². The van der Waals surface area contributed by atoms with Gasteiger partial charge in [0.25, 0.3) is 5.91 Å². The van der Waals surface area contributed by atoms with Crippen LogP contribution in [-0.4, -0.2) is 19.6 Å². The van der Waals surface area contributed by atoms with E-state index in [1.807, 2.05) is 0 Å². The summed E-state index contributed by atoms with van der Waals surface area (Å²) >= 11 is 0. The molecule has 0 aliphatic heterocycles. The molecule has 0 saturated carbocycles. The van der Waals surface area contributed by atoms with Crippen molar-refractivity contribution in [3.8, 4) is 0 Å². The largest absolute Gasteiger partial charge is 0.417 e. The predicted molar refractivity (Wildman–Crippen MR) is 84.5 cm³/mol. The third-order valence-corrected chi connectivity index (χ3v) is 3.96. The number of amides is 1. The molecule has 1 N–H and O–H groups in total. The number of methoxy groups -OCH3 is 1. The van der Waals surface area contributed by atoms with Crippen LogP contribution in [0.15, 0.2) is 48.5 Å². The highest BCUT2D eigenvalue weighted by molar-refractivity contribution is 5.95. The molecule has 3 nitrogen and oxygen atoms in total. The molecule has 0 aliphatic carbocycles. The minimum atomic E-state index is -4.65. The van der Waals surface area contributed by atoms with E-state index in [2.05, 4.69) is 5.32 Å². The topological polar surface area (TPSA) is 38.3 Å². The molecule has 0 aromatic heterocycles. The number of rotatable bonds is 5. The van der Waals surface area contributed by atoms with Gasteiger partial charge in [0.15, 0.2) is 0 Å². The lowest BCUT2D eigenvalue weighted by molar-refractivity contribution is -0.137. The van der Waals surface area contributed by atoms with E-state index in [1.54, 1.807) is 13.0 Å². The number of nitrogens with one attached hydrogen (secondary N) is 1. The molecule has 134 valence electrons. The number of carbonyl (C=O) groups excluding carboxylic acids is 1. The zero-order valence-electron chi connectivity index (χ0n) is 13.7. The van der Waals surface area contributed by atoms with Gasteiger partial charge in [-0.25, -0.2) is 4.39 Å². The maximum absolute atomic E-state index is 14.0. The van der Waals surface area contributed by atoms with Crippen LogP contribution in [0.3, 0.4) is 0 Å². The molecule has 1 atom stereocenters. The molecule has 0 bridgehead atoms. The quantitative estimate of drug-likeness (QED) is 0.819. The molecule has 1 amide bonds. The molecule has 25 heavy (non-hydrogen) atoms. The second-order valence-electron chi connectivity index (χ2n) is 5.64. The Kier molecular flexibility index (Phi) is 5.47. The molecule has 0 fully saturated rings. The number of hydrogen-bond donors (Lipinski definition) is 1. The Morgan fingerprint density at radius 2 is 1.60 bits per heavy atom. The van der Waals surface area contributed by atoms with Crippen molar-refractivity contribution in [1.29, 1.82) is 0 Å². The Morgan fingerprint density at radius 1 is 1.04 bits per heavy atom. The fraction of sp³-hybridized carbons (Fsp3) is 0.278. The highest BCUT2D eigenvalue weighted by Gasteiger charge is 2.36. The number of halogens is 4. The van der Waals surface area contributed by atoms with Crippen molar-refractivity contribution in [3.63, 3.8) is 0 Å². The zero-order valence-corrected chi connectivity index (χ0v) is 13.7. The summed E-state index contributed by atoms with van der Waals surface area (Å²) in [6.07, 6.45) is -4.65. The van der Waals surface area contributed by atoms with Crippen LogP contribution in [0.2, 0.25) is 0 Å². The first-order chi connectivity index (χ1) is 11.7. The summed E-state index contributed by atoms with van der Waals surface area (Å²) in [5.41, 5.74) is -2.56. The molecule has 0 unspecified atom stereocenters. The molecular weight excluding hydrogens is 338 g/mol. The van der Waals surface area contributed by atoms with Gasteiger partial charge in [-0.3, -0.25) is 4.79 Å². The number of carbonyl (C=O) groups is 1. The van der Waals surface area contributed by atoms with E-state index in [0.29, 0.717) is 0 Å². The lowest BCUT2D eigenvalue weighted by Crippen LogP contribution is -2.41. The third kappa shape index (κ3) is 4.17. The van der Waals surface area contributed by atoms with Crippen LogP contribution in [0.5, 0.6) is 0 Å². The molecule has 0 saturated heterocycles. The Morgan fingerprint density at radius 3 is 2.16 bits per heavy atom. The van der Waals surface area contributed by atoms with Crippen molar-refractivity contribution in [2.24, 2.45) is 0 Å². The summed E-state index contributed by atoms with van der Waals surface area (Å²) in [5.74, 6) is -1.44. The second kappa shape index (κ2) is 7.23. The number of benzene rings is 2. The first-order valence-corrected chi connectivity index (χ1v) is 7.43. The minimum Gasteiger partial charge on any atom is -0.372 e. The van der Waals surface area contributed by atoms with Crippen molar-refractivity contribution in [1.82, 2.24) is 5.32 Å². The van der Waals surface area contributed by atoms with Gasteiger partial charge in [-0.15, -0.1) is 0 Å². The van der Waals surface area contributed by atoms with Crippen molar-refractivity contribution in [3.05, 3.63) is 71.0 Å². The van der Waals surface area contributed by atoms with Crippen molar-refractivity contribution in [2.75, 3.05) is 13.7 Å². The molecule has 2 rings (SSSR count). The molecule has 0 spiro atoms. The van der Waals surface area contributed by atoms with E-state index >= 15 is 0 Å². The fourth-order valence-corrected chi connectivity index (χ4v) is 2.44. The average molecular weight is 355 g/mol. The van der Waals surface area contributed by atoms with Gasteiger partial charge < -0.3 is 10.1 Å². The highest BCUT2D eigenvalue weighted by Crippen LogP contribution is 2.32. The first kappa shape index (κ1) is 18.9. The Balaban J connectivity index is 2.23.